The fraction of sp³-hybridized carbons (Fsp3) is 0.231. The van der Waals surface area contributed by atoms with E-state index in [0.29, 0.717) is 0 Å². The summed E-state index contributed by atoms with van der Waals surface area (Å²) < 4.78 is 11.3. The van der Waals surface area contributed by atoms with Crippen molar-refractivity contribution in [3.8, 4) is 23.0 Å². The molecule has 30 heavy (non-hydrogen) atoms. The van der Waals surface area contributed by atoms with Crippen LogP contribution in [-0.4, -0.2) is 22.3 Å². The summed E-state index contributed by atoms with van der Waals surface area (Å²) in [6.45, 7) is 6.71. The number of benzene rings is 3. The Morgan fingerprint density at radius 1 is 0.733 bits per heavy atom. The van der Waals surface area contributed by atoms with Crippen molar-refractivity contribution >= 4 is 19.7 Å². The van der Waals surface area contributed by atoms with Crippen LogP contribution >= 0.6 is 11.6 Å². The average molecular weight is 435 g/mol. The van der Waals surface area contributed by atoms with E-state index in [0.717, 1.165) is 33.8 Å². The Balaban J connectivity index is 2.21. The van der Waals surface area contributed by atoms with Crippen molar-refractivity contribution in [2.45, 2.75) is 24.5 Å². The van der Waals surface area contributed by atoms with E-state index < -0.39 is 12.9 Å². The topological polar surface area (TPSA) is 18.5 Å². The number of methoxy groups -OCH3 is 2. The Morgan fingerprint density at radius 2 is 1.20 bits per heavy atom. The van der Waals surface area contributed by atoms with Crippen LogP contribution in [0.2, 0.25) is 19.6 Å². The van der Waals surface area contributed by atoms with Gasteiger partial charge < -0.3 is 9.47 Å². The van der Waals surface area contributed by atoms with Crippen molar-refractivity contribution in [2.24, 2.45) is 0 Å². The lowest BCUT2D eigenvalue weighted by Crippen LogP contribution is -2.24. The lowest BCUT2D eigenvalue weighted by atomic mass is 9.83. The van der Waals surface area contributed by atoms with E-state index in [2.05, 4.69) is 31.1 Å². The van der Waals surface area contributed by atoms with Gasteiger partial charge in [-0.15, -0.1) is 17.1 Å². The summed E-state index contributed by atoms with van der Waals surface area (Å²) in [4.78, 5) is -0.982. The first-order valence-electron chi connectivity index (χ1n) is 9.89. The largest absolute Gasteiger partial charge is 0.496 e. The standard InChI is InChI=1S/C26H27ClO2Si/c1-28-24-12-8-6-10-22(24)26(27,23-11-7-9-13-25(23)29-2)21-16-14-20(15-17-21)18-19-30(3,4)5/h6-17H,1-5H3. The van der Waals surface area contributed by atoms with Gasteiger partial charge in [0.05, 0.1) is 14.2 Å². The third kappa shape index (κ3) is 4.56. The Morgan fingerprint density at radius 3 is 1.63 bits per heavy atom. The highest BCUT2D eigenvalue weighted by Gasteiger charge is 2.38. The smallest absolute Gasteiger partial charge is 0.129 e. The molecule has 0 bridgehead atoms. The monoisotopic (exact) mass is 434 g/mol. The summed E-state index contributed by atoms with van der Waals surface area (Å²) in [5.74, 6) is 4.75. The Labute approximate surface area is 185 Å². The maximum absolute atomic E-state index is 7.50. The number of hydrogen-bond acceptors (Lipinski definition) is 2. The lowest BCUT2D eigenvalue weighted by molar-refractivity contribution is 0.399. The van der Waals surface area contributed by atoms with E-state index >= 15 is 0 Å². The molecule has 0 aliphatic carbocycles. The van der Waals surface area contributed by atoms with Gasteiger partial charge in [-0.2, -0.15) is 0 Å². The molecule has 0 radical (unpaired) electrons. The molecular weight excluding hydrogens is 408 g/mol. The summed E-state index contributed by atoms with van der Waals surface area (Å²) in [6.07, 6.45) is 0. The zero-order valence-corrected chi connectivity index (χ0v) is 19.9. The number of para-hydroxylation sites is 2. The maximum Gasteiger partial charge on any atom is 0.129 e. The number of alkyl halides is 1. The second-order valence-corrected chi connectivity index (χ2v) is 13.5. The highest BCUT2D eigenvalue weighted by Crippen LogP contribution is 2.49. The fourth-order valence-corrected chi connectivity index (χ4v) is 4.32. The van der Waals surface area contributed by atoms with Crippen molar-refractivity contribution in [2.75, 3.05) is 14.2 Å². The number of halogens is 1. The van der Waals surface area contributed by atoms with Gasteiger partial charge >= 0.3 is 0 Å². The van der Waals surface area contributed by atoms with Crippen LogP contribution in [0.5, 0.6) is 11.5 Å². The minimum atomic E-state index is -1.44. The molecule has 3 aromatic rings. The summed E-state index contributed by atoms with van der Waals surface area (Å²) in [5.41, 5.74) is 7.05. The van der Waals surface area contributed by atoms with Crippen LogP contribution in [0.1, 0.15) is 22.3 Å². The van der Waals surface area contributed by atoms with Gasteiger partial charge in [-0.25, -0.2) is 0 Å². The van der Waals surface area contributed by atoms with Crippen LogP contribution in [0.4, 0.5) is 0 Å². The van der Waals surface area contributed by atoms with Crippen LogP contribution in [0.15, 0.2) is 72.8 Å². The third-order valence-corrected chi connectivity index (χ3v) is 6.32. The number of ether oxygens (including phenoxy) is 2. The Hall–Kier alpha value is -2.67. The minimum Gasteiger partial charge on any atom is -0.496 e. The molecule has 0 amide bonds. The SMILES string of the molecule is COc1ccccc1C(Cl)(c1ccc(C#C[Si](C)(C)C)cc1)c1ccccc1OC. The van der Waals surface area contributed by atoms with E-state index in [4.69, 9.17) is 21.1 Å². The molecule has 3 aromatic carbocycles. The molecule has 4 heteroatoms. The predicted octanol–water partition coefficient (Wildman–Crippen LogP) is 6.46. The molecule has 2 nitrogen and oxygen atoms in total. The minimum absolute atomic E-state index is 0.723. The van der Waals surface area contributed by atoms with Crippen LogP contribution in [0.3, 0.4) is 0 Å². The zero-order chi connectivity index (χ0) is 21.8. The van der Waals surface area contributed by atoms with Crippen molar-refractivity contribution < 1.29 is 9.47 Å². The van der Waals surface area contributed by atoms with E-state index in [9.17, 15) is 0 Å². The van der Waals surface area contributed by atoms with Gasteiger partial charge in [-0.3, -0.25) is 0 Å². The summed E-state index contributed by atoms with van der Waals surface area (Å²) in [5, 5.41) is 0. The fourth-order valence-electron chi connectivity index (χ4n) is 3.36. The molecule has 3 rings (SSSR count). The highest BCUT2D eigenvalue weighted by molar-refractivity contribution is 6.83. The van der Waals surface area contributed by atoms with Gasteiger partial charge in [0.1, 0.15) is 24.4 Å². The van der Waals surface area contributed by atoms with Gasteiger partial charge in [-0.1, -0.05) is 74.1 Å². The Bertz CT molecular complexity index is 1020. The van der Waals surface area contributed by atoms with E-state index in [-0.39, 0.29) is 0 Å². The molecule has 0 atom stereocenters. The summed E-state index contributed by atoms with van der Waals surface area (Å²) >= 11 is 7.50. The first-order valence-corrected chi connectivity index (χ1v) is 13.8. The first-order chi connectivity index (χ1) is 14.3. The molecule has 0 spiro atoms. The lowest BCUT2D eigenvalue weighted by Gasteiger charge is -2.31. The van der Waals surface area contributed by atoms with Crippen molar-refractivity contribution in [3.63, 3.8) is 0 Å². The average Bonchev–Trinajstić information content (AvgIpc) is 2.77. The second-order valence-electron chi connectivity index (χ2n) is 8.14. The van der Waals surface area contributed by atoms with Gasteiger partial charge in [0.2, 0.25) is 0 Å². The number of rotatable bonds is 5. The maximum atomic E-state index is 7.50. The van der Waals surface area contributed by atoms with Gasteiger partial charge in [-0.05, 0) is 29.8 Å². The number of hydrogen-bond donors (Lipinski definition) is 0. The molecule has 0 N–H and O–H groups in total. The molecule has 0 aliphatic heterocycles. The molecule has 0 saturated carbocycles. The van der Waals surface area contributed by atoms with Crippen LogP contribution in [-0.2, 0) is 4.87 Å². The quantitative estimate of drug-likeness (QED) is 0.198. The molecule has 154 valence electrons. The van der Waals surface area contributed by atoms with Crippen LogP contribution in [0, 0.1) is 11.5 Å². The molecule has 0 saturated heterocycles. The van der Waals surface area contributed by atoms with E-state index in [1.807, 2.05) is 72.8 Å². The van der Waals surface area contributed by atoms with E-state index in [1.54, 1.807) is 14.2 Å². The van der Waals surface area contributed by atoms with Crippen molar-refractivity contribution in [1.29, 1.82) is 0 Å². The van der Waals surface area contributed by atoms with Gasteiger partial charge in [0, 0.05) is 16.7 Å². The normalized spacial score (nSPS) is 11.4. The predicted molar refractivity (Wildman–Crippen MR) is 128 cm³/mol. The molecule has 0 aromatic heterocycles. The van der Waals surface area contributed by atoms with Crippen LogP contribution in [0.25, 0.3) is 0 Å². The van der Waals surface area contributed by atoms with Crippen molar-refractivity contribution in [1.82, 2.24) is 0 Å². The molecule has 0 unspecified atom stereocenters. The van der Waals surface area contributed by atoms with Crippen LogP contribution < -0.4 is 9.47 Å². The second kappa shape index (κ2) is 9.00. The summed E-state index contributed by atoms with van der Waals surface area (Å²) in [7, 11) is 1.88. The molecule has 0 aliphatic rings. The Kier molecular flexibility index (Phi) is 6.60. The first kappa shape index (κ1) is 22.0. The van der Waals surface area contributed by atoms with Gasteiger partial charge in [0.15, 0.2) is 0 Å². The highest BCUT2D eigenvalue weighted by atomic mass is 35.5. The van der Waals surface area contributed by atoms with Crippen molar-refractivity contribution in [3.05, 3.63) is 95.1 Å². The van der Waals surface area contributed by atoms with E-state index in [1.165, 1.54) is 0 Å². The van der Waals surface area contributed by atoms with Gasteiger partial charge in [0.25, 0.3) is 0 Å². The molecule has 0 heterocycles. The molecular formula is C26H27ClO2Si. The summed E-state index contributed by atoms with van der Waals surface area (Å²) in [6, 6.07) is 23.8. The third-order valence-electron chi connectivity index (χ3n) is 4.82. The zero-order valence-electron chi connectivity index (χ0n) is 18.1. The molecule has 0 fully saturated rings.